The van der Waals surface area contributed by atoms with Crippen LogP contribution in [0.3, 0.4) is 0 Å². The van der Waals surface area contributed by atoms with E-state index in [0.29, 0.717) is 38.5 Å². The van der Waals surface area contributed by atoms with E-state index in [1.165, 1.54) is 11.9 Å². The number of hydrogen-bond donors (Lipinski definition) is 5. The van der Waals surface area contributed by atoms with Gasteiger partial charge in [-0.2, -0.15) is 12.6 Å². The van der Waals surface area contributed by atoms with Gasteiger partial charge < -0.3 is 40.4 Å². The van der Waals surface area contributed by atoms with Crippen LogP contribution < -0.4 is 21.3 Å². The van der Waals surface area contributed by atoms with E-state index in [1.54, 1.807) is 41.5 Å². The number of alkyl carbamates (subject to hydrolysis) is 2. The van der Waals surface area contributed by atoms with Gasteiger partial charge in [0.05, 0.1) is 0 Å². The fourth-order valence-corrected chi connectivity index (χ4v) is 6.81. The summed E-state index contributed by atoms with van der Waals surface area (Å²) in [5.74, 6) is -2.36. The van der Waals surface area contributed by atoms with Gasteiger partial charge in [0.15, 0.2) is 0 Å². The van der Waals surface area contributed by atoms with Gasteiger partial charge in [-0.1, -0.05) is 73.5 Å². The molecule has 57 heavy (non-hydrogen) atoms. The van der Waals surface area contributed by atoms with Crippen LogP contribution in [0.1, 0.15) is 97.6 Å². The summed E-state index contributed by atoms with van der Waals surface area (Å²) in [6, 6.07) is 15.3. The van der Waals surface area contributed by atoms with Crippen molar-refractivity contribution in [3.05, 3.63) is 71.8 Å². The number of rotatable bonds is 18. The number of amides is 5. The normalized spacial score (nSPS) is 15.2. The first-order chi connectivity index (χ1) is 26.8. The summed E-state index contributed by atoms with van der Waals surface area (Å²) in [7, 11) is 1.48. The van der Waals surface area contributed by atoms with E-state index < -0.39 is 70.7 Å². The highest BCUT2D eigenvalue weighted by atomic mass is 32.1. The smallest absolute Gasteiger partial charge is 0.408 e. The van der Waals surface area contributed by atoms with E-state index in [-0.39, 0.29) is 31.7 Å². The Kier molecular flexibility index (Phi) is 17.7. The fraction of sp³-hybridized carbons (Fsp3) is 0.571. The van der Waals surface area contributed by atoms with Crippen molar-refractivity contribution in [2.24, 2.45) is 0 Å². The molecule has 0 heterocycles. The zero-order valence-electron chi connectivity index (χ0n) is 34.4. The zero-order valence-corrected chi connectivity index (χ0v) is 35.2. The van der Waals surface area contributed by atoms with Crippen LogP contribution >= 0.6 is 12.6 Å². The number of unbranched alkanes of at least 4 members (excludes halogenated alkanes) is 1. The molecule has 1 saturated carbocycles. The molecule has 1 fully saturated rings. The number of hydrogen-bond acceptors (Lipinski definition) is 10. The lowest BCUT2D eigenvalue weighted by Crippen LogP contribution is -2.64. The minimum atomic E-state index is -1.36. The predicted molar refractivity (Wildman–Crippen MR) is 219 cm³/mol. The topological polar surface area (TPSA) is 181 Å². The van der Waals surface area contributed by atoms with E-state index in [0.717, 1.165) is 11.1 Å². The number of nitrogens with one attached hydrogen (secondary N) is 4. The summed E-state index contributed by atoms with van der Waals surface area (Å²) in [5, 5.41) is 11.1. The summed E-state index contributed by atoms with van der Waals surface area (Å²) in [6.45, 7) is 10.7. The first-order valence-electron chi connectivity index (χ1n) is 19.5. The summed E-state index contributed by atoms with van der Waals surface area (Å²) in [5.41, 5.74) is -1.33. The van der Waals surface area contributed by atoms with Gasteiger partial charge in [0.25, 0.3) is 0 Å². The third-order valence-electron chi connectivity index (χ3n) is 9.19. The molecule has 3 rings (SSSR count). The second-order valence-corrected chi connectivity index (χ2v) is 16.7. The second kappa shape index (κ2) is 21.7. The van der Waals surface area contributed by atoms with E-state index >= 15 is 0 Å². The van der Waals surface area contributed by atoms with Crippen LogP contribution in [0.5, 0.6) is 0 Å². The molecule has 5 amide bonds. The van der Waals surface area contributed by atoms with Gasteiger partial charge in [-0.3, -0.25) is 14.4 Å². The van der Waals surface area contributed by atoms with Crippen molar-refractivity contribution < 1.29 is 43.0 Å². The molecule has 314 valence electrons. The summed E-state index contributed by atoms with van der Waals surface area (Å²) in [6.07, 6.45) is 1.79. The van der Waals surface area contributed by atoms with Crippen LogP contribution in [-0.2, 0) is 46.4 Å². The first kappa shape index (κ1) is 46.6. The van der Waals surface area contributed by atoms with E-state index in [4.69, 9.17) is 14.2 Å². The fourth-order valence-electron chi connectivity index (χ4n) is 6.39. The van der Waals surface area contributed by atoms with Gasteiger partial charge >= 0.3 is 18.2 Å². The molecule has 0 aromatic heterocycles. The zero-order chi connectivity index (χ0) is 42.2. The molecular weight excluding hydrogens is 751 g/mol. The quantitative estimate of drug-likeness (QED) is 0.0583. The maximum absolute atomic E-state index is 14.4. The minimum absolute atomic E-state index is 0.0683. The number of benzene rings is 2. The molecule has 0 spiro atoms. The highest BCUT2D eigenvalue weighted by Gasteiger charge is 2.47. The van der Waals surface area contributed by atoms with Crippen molar-refractivity contribution in [2.45, 2.75) is 134 Å². The van der Waals surface area contributed by atoms with E-state index in [1.807, 2.05) is 60.7 Å². The van der Waals surface area contributed by atoms with Gasteiger partial charge in [0, 0.05) is 25.8 Å². The van der Waals surface area contributed by atoms with Crippen LogP contribution in [0.2, 0.25) is 0 Å². The molecule has 0 radical (unpaired) electrons. The Balaban J connectivity index is 1.71. The molecule has 1 aliphatic rings. The van der Waals surface area contributed by atoms with E-state index in [2.05, 4.69) is 33.9 Å². The summed E-state index contributed by atoms with van der Waals surface area (Å²) in [4.78, 5) is 81.9. The molecule has 2 aromatic carbocycles. The minimum Gasteiger partial charge on any atom is -0.458 e. The average molecular weight is 812 g/mol. The molecule has 0 unspecified atom stereocenters. The Hall–Kier alpha value is -4.79. The number of ether oxygens (including phenoxy) is 3. The SMILES string of the molecule is CN(C(=O)C1(NC(=O)[C@H](CCCCNC(=O)OCc2ccccc2)NC(=O)OC(C)(C)C)CCCC1)[C@@H](CS)C(=O)N[C@@H](Cc1ccccc1)C(=O)OC(C)(C)C. The second-order valence-electron chi connectivity index (χ2n) is 16.4. The largest absolute Gasteiger partial charge is 0.458 e. The highest BCUT2D eigenvalue weighted by Crippen LogP contribution is 2.32. The Morgan fingerprint density at radius 2 is 1.33 bits per heavy atom. The molecule has 0 saturated heterocycles. The Morgan fingerprint density at radius 1 is 0.754 bits per heavy atom. The van der Waals surface area contributed by atoms with Crippen LogP contribution in [0.25, 0.3) is 0 Å². The van der Waals surface area contributed by atoms with Crippen molar-refractivity contribution in [3.63, 3.8) is 0 Å². The summed E-state index contributed by atoms with van der Waals surface area (Å²) < 4.78 is 16.3. The lowest BCUT2D eigenvalue weighted by molar-refractivity contribution is -0.159. The Morgan fingerprint density at radius 3 is 1.89 bits per heavy atom. The first-order valence-corrected chi connectivity index (χ1v) is 20.2. The number of thiol groups is 1. The number of likely N-dealkylation sites (N-methyl/N-ethyl adjacent to an activating group) is 1. The van der Waals surface area contributed by atoms with Gasteiger partial charge in [-0.15, -0.1) is 0 Å². The number of nitrogens with zero attached hydrogens (tertiary/aromatic N) is 1. The molecule has 1 aliphatic carbocycles. The molecule has 3 atom stereocenters. The number of carbonyl (C=O) groups excluding carboxylic acids is 6. The van der Waals surface area contributed by atoms with Crippen molar-refractivity contribution >= 4 is 48.5 Å². The van der Waals surface area contributed by atoms with Crippen molar-refractivity contribution in [3.8, 4) is 0 Å². The standard InChI is InChI=1S/C42H61N5O9S/c1-40(2,3)55-36(50)32(26-29-18-10-8-11-19-29)44-35(49)33(28-57)47(7)37(51)42(23-15-16-24-42)46-34(48)31(45-39(53)56-41(4,5)6)22-14-17-25-43-38(52)54-27-30-20-12-9-13-21-30/h8-13,18-21,31-33,57H,14-17,22-28H2,1-7H3,(H,43,52)(H,44,49)(H,45,53)(H,46,48)/t31-,32-,33-/m0/s1. The lowest BCUT2D eigenvalue weighted by Gasteiger charge is -2.37. The third kappa shape index (κ3) is 15.9. The van der Waals surface area contributed by atoms with Gasteiger partial charge in [-0.05, 0) is 84.8 Å². The molecule has 0 bridgehead atoms. The maximum atomic E-state index is 14.4. The van der Waals surface area contributed by atoms with Crippen LogP contribution in [-0.4, -0.2) is 95.0 Å². The molecular formula is C42H61N5O9S. The average Bonchev–Trinajstić information content (AvgIpc) is 3.61. The van der Waals surface area contributed by atoms with Gasteiger partial charge in [0.2, 0.25) is 17.7 Å². The lowest BCUT2D eigenvalue weighted by atomic mass is 9.93. The predicted octanol–water partition coefficient (Wildman–Crippen LogP) is 5.23. The van der Waals surface area contributed by atoms with Gasteiger partial charge in [-0.25, -0.2) is 14.4 Å². The summed E-state index contributed by atoms with van der Waals surface area (Å²) >= 11 is 4.42. The molecule has 14 nitrogen and oxygen atoms in total. The maximum Gasteiger partial charge on any atom is 0.408 e. The molecule has 15 heteroatoms. The van der Waals surface area contributed by atoms with Crippen molar-refractivity contribution in [1.29, 1.82) is 0 Å². The molecule has 4 N–H and O–H groups in total. The monoisotopic (exact) mass is 811 g/mol. The number of carbonyl (C=O) groups is 6. The van der Waals surface area contributed by atoms with Crippen LogP contribution in [0.15, 0.2) is 60.7 Å². The highest BCUT2D eigenvalue weighted by molar-refractivity contribution is 7.80. The van der Waals surface area contributed by atoms with Gasteiger partial charge in [0.1, 0.15) is 41.5 Å². The van der Waals surface area contributed by atoms with Crippen LogP contribution in [0, 0.1) is 0 Å². The van der Waals surface area contributed by atoms with Crippen molar-refractivity contribution in [2.75, 3.05) is 19.3 Å². The van der Waals surface area contributed by atoms with E-state index in [9.17, 15) is 28.8 Å². The van der Waals surface area contributed by atoms with Crippen LogP contribution in [0.4, 0.5) is 9.59 Å². The third-order valence-corrected chi connectivity index (χ3v) is 9.54. The van der Waals surface area contributed by atoms with Crippen molar-refractivity contribution in [1.82, 2.24) is 26.2 Å². The Bertz CT molecular complexity index is 1640. The molecule has 2 aromatic rings. The number of esters is 1. The Labute approximate surface area is 342 Å². The molecule has 0 aliphatic heterocycles.